The molecule has 4 heteroatoms. The molecule has 1 fully saturated rings. The van der Waals surface area contributed by atoms with Crippen molar-refractivity contribution < 1.29 is 14.6 Å². The summed E-state index contributed by atoms with van der Waals surface area (Å²) < 4.78 is 5.34. The molecule has 1 aromatic rings. The zero-order valence-corrected chi connectivity index (χ0v) is 11.4. The van der Waals surface area contributed by atoms with Gasteiger partial charge in [-0.2, -0.15) is 0 Å². The fourth-order valence-corrected chi connectivity index (χ4v) is 2.05. The predicted octanol–water partition coefficient (Wildman–Crippen LogP) is 1.33. The van der Waals surface area contributed by atoms with Crippen LogP contribution in [0.2, 0.25) is 0 Å². The van der Waals surface area contributed by atoms with E-state index in [0.717, 1.165) is 25.0 Å². The average molecular weight is 273 g/mol. The van der Waals surface area contributed by atoms with E-state index in [2.05, 4.69) is 17.2 Å². The van der Waals surface area contributed by atoms with Crippen LogP contribution in [0.3, 0.4) is 0 Å². The van der Waals surface area contributed by atoms with Gasteiger partial charge in [-0.15, -0.1) is 0 Å². The highest BCUT2D eigenvalue weighted by molar-refractivity contribution is 5.94. The van der Waals surface area contributed by atoms with Gasteiger partial charge in [0.15, 0.2) is 0 Å². The second-order valence-corrected chi connectivity index (χ2v) is 4.74. The normalized spacial score (nSPS) is 17.9. The Balaban J connectivity index is 1.92. The number of hydrogen-bond donors (Lipinski definition) is 2. The van der Waals surface area contributed by atoms with Crippen molar-refractivity contribution in [2.75, 3.05) is 19.8 Å². The molecule has 2 N–H and O–H groups in total. The van der Waals surface area contributed by atoms with Crippen LogP contribution in [0.25, 0.3) is 0 Å². The van der Waals surface area contributed by atoms with Crippen LogP contribution in [0.5, 0.6) is 0 Å². The number of aliphatic hydroxyl groups excluding tert-OH is 1. The summed E-state index contributed by atoms with van der Waals surface area (Å²) in [4.78, 5) is 12.0. The maximum atomic E-state index is 12.0. The van der Waals surface area contributed by atoms with E-state index in [0.29, 0.717) is 18.6 Å². The molecule has 0 radical (unpaired) electrons. The molecule has 1 aliphatic heterocycles. The minimum absolute atomic E-state index is 0.0664. The van der Waals surface area contributed by atoms with Crippen LogP contribution >= 0.6 is 0 Å². The molecule has 1 unspecified atom stereocenters. The van der Waals surface area contributed by atoms with Gasteiger partial charge in [-0.05, 0) is 37.1 Å². The number of carbonyl (C=O) groups is 1. The van der Waals surface area contributed by atoms with E-state index in [9.17, 15) is 4.79 Å². The Morgan fingerprint density at radius 3 is 2.85 bits per heavy atom. The standard InChI is InChI=1S/C16H19NO3/c18-10-2-1-4-13-6-8-14(9-7-13)16(19)17-15-5-3-11-20-12-15/h6-9,15,18H,2-3,5,10-12H2,(H,17,19). The molecule has 1 atom stereocenters. The predicted molar refractivity (Wildman–Crippen MR) is 76.3 cm³/mol. The third-order valence-electron chi connectivity index (χ3n) is 3.11. The summed E-state index contributed by atoms with van der Waals surface area (Å²) >= 11 is 0. The average Bonchev–Trinajstić information content (AvgIpc) is 2.49. The molecule has 0 aromatic heterocycles. The van der Waals surface area contributed by atoms with Gasteiger partial charge in [0.05, 0.1) is 19.3 Å². The summed E-state index contributed by atoms with van der Waals surface area (Å²) in [6, 6.07) is 7.28. The van der Waals surface area contributed by atoms with Gasteiger partial charge in [-0.1, -0.05) is 11.8 Å². The van der Waals surface area contributed by atoms with Crippen molar-refractivity contribution in [3.63, 3.8) is 0 Å². The van der Waals surface area contributed by atoms with Crippen LogP contribution in [0.4, 0.5) is 0 Å². The number of nitrogens with one attached hydrogen (secondary N) is 1. The Morgan fingerprint density at radius 1 is 1.40 bits per heavy atom. The second kappa shape index (κ2) is 7.68. The Hall–Kier alpha value is -1.83. The Morgan fingerprint density at radius 2 is 2.20 bits per heavy atom. The highest BCUT2D eigenvalue weighted by atomic mass is 16.5. The SMILES string of the molecule is O=C(NC1CCCOC1)c1ccc(C#CCCO)cc1. The van der Waals surface area contributed by atoms with E-state index >= 15 is 0 Å². The van der Waals surface area contributed by atoms with Gasteiger partial charge < -0.3 is 15.2 Å². The summed E-state index contributed by atoms with van der Waals surface area (Å²) in [5, 5.41) is 11.6. The largest absolute Gasteiger partial charge is 0.395 e. The van der Waals surface area contributed by atoms with Crippen LogP contribution in [-0.4, -0.2) is 36.9 Å². The number of hydrogen-bond acceptors (Lipinski definition) is 3. The lowest BCUT2D eigenvalue weighted by atomic mass is 10.1. The summed E-state index contributed by atoms with van der Waals surface area (Å²) in [5.41, 5.74) is 1.47. The zero-order chi connectivity index (χ0) is 14.2. The maximum Gasteiger partial charge on any atom is 0.251 e. The molecule has 1 saturated heterocycles. The van der Waals surface area contributed by atoms with Crippen molar-refractivity contribution in [2.45, 2.75) is 25.3 Å². The quantitative estimate of drug-likeness (QED) is 0.817. The number of carbonyl (C=O) groups excluding carboxylic acids is 1. The van der Waals surface area contributed by atoms with E-state index < -0.39 is 0 Å². The number of amides is 1. The summed E-state index contributed by atoms with van der Waals surface area (Å²) in [6.45, 7) is 1.45. The Labute approximate surface area is 119 Å². The van der Waals surface area contributed by atoms with Crippen molar-refractivity contribution in [3.05, 3.63) is 35.4 Å². The molecule has 0 bridgehead atoms. The molecule has 2 rings (SSSR count). The van der Waals surface area contributed by atoms with E-state index in [1.54, 1.807) is 12.1 Å². The molecule has 1 amide bonds. The zero-order valence-electron chi connectivity index (χ0n) is 11.4. The summed E-state index contributed by atoms with van der Waals surface area (Å²) in [5.74, 6) is 5.71. The highest BCUT2D eigenvalue weighted by Crippen LogP contribution is 2.08. The van der Waals surface area contributed by atoms with E-state index in [1.807, 2.05) is 12.1 Å². The molecule has 1 aliphatic rings. The fourth-order valence-electron chi connectivity index (χ4n) is 2.05. The Bertz CT molecular complexity index is 493. The van der Waals surface area contributed by atoms with Gasteiger partial charge in [-0.3, -0.25) is 4.79 Å². The molecule has 1 aromatic carbocycles. The maximum absolute atomic E-state index is 12.0. The molecule has 20 heavy (non-hydrogen) atoms. The molecular formula is C16H19NO3. The minimum atomic E-state index is -0.0737. The first-order valence-electron chi connectivity index (χ1n) is 6.88. The number of benzene rings is 1. The van der Waals surface area contributed by atoms with Crippen LogP contribution in [0.15, 0.2) is 24.3 Å². The fraction of sp³-hybridized carbons (Fsp3) is 0.438. The van der Waals surface area contributed by atoms with Crippen molar-refractivity contribution in [3.8, 4) is 11.8 Å². The monoisotopic (exact) mass is 273 g/mol. The highest BCUT2D eigenvalue weighted by Gasteiger charge is 2.16. The van der Waals surface area contributed by atoms with Gasteiger partial charge in [0.2, 0.25) is 0 Å². The summed E-state index contributed by atoms with van der Waals surface area (Å²) in [7, 11) is 0. The van der Waals surface area contributed by atoms with Gasteiger partial charge >= 0.3 is 0 Å². The molecule has 1 heterocycles. The van der Waals surface area contributed by atoms with Crippen molar-refractivity contribution in [1.29, 1.82) is 0 Å². The van der Waals surface area contributed by atoms with E-state index in [-0.39, 0.29) is 18.6 Å². The first-order valence-corrected chi connectivity index (χ1v) is 6.88. The lowest BCUT2D eigenvalue weighted by Crippen LogP contribution is -2.40. The van der Waals surface area contributed by atoms with Gasteiger partial charge in [0, 0.05) is 24.2 Å². The summed E-state index contributed by atoms with van der Waals surface area (Å²) in [6.07, 6.45) is 2.42. The van der Waals surface area contributed by atoms with E-state index in [1.165, 1.54) is 0 Å². The molecule has 0 aliphatic carbocycles. The lowest BCUT2D eigenvalue weighted by Gasteiger charge is -2.23. The Kier molecular flexibility index (Phi) is 5.60. The molecule has 4 nitrogen and oxygen atoms in total. The van der Waals surface area contributed by atoms with Crippen molar-refractivity contribution >= 4 is 5.91 Å². The molecule has 0 saturated carbocycles. The molecule has 0 spiro atoms. The smallest absolute Gasteiger partial charge is 0.251 e. The van der Waals surface area contributed by atoms with Crippen molar-refractivity contribution in [2.24, 2.45) is 0 Å². The van der Waals surface area contributed by atoms with Gasteiger partial charge in [0.1, 0.15) is 0 Å². The third kappa shape index (κ3) is 4.37. The van der Waals surface area contributed by atoms with Crippen molar-refractivity contribution in [1.82, 2.24) is 5.32 Å². The van der Waals surface area contributed by atoms with Crippen LogP contribution in [-0.2, 0) is 4.74 Å². The van der Waals surface area contributed by atoms with E-state index in [4.69, 9.17) is 9.84 Å². The van der Waals surface area contributed by atoms with Crippen LogP contribution in [0, 0.1) is 11.8 Å². The third-order valence-corrected chi connectivity index (χ3v) is 3.11. The molecule has 106 valence electrons. The number of ether oxygens (including phenoxy) is 1. The number of rotatable bonds is 3. The van der Waals surface area contributed by atoms with Gasteiger partial charge in [-0.25, -0.2) is 0 Å². The molecular weight excluding hydrogens is 254 g/mol. The second-order valence-electron chi connectivity index (χ2n) is 4.74. The minimum Gasteiger partial charge on any atom is -0.395 e. The van der Waals surface area contributed by atoms with Gasteiger partial charge in [0.25, 0.3) is 5.91 Å². The topological polar surface area (TPSA) is 58.6 Å². The first kappa shape index (κ1) is 14.6. The lowest BCUT2D eigenvalue weighted by molar-refractivity contribution is 0.0624. The first-order chi connectivity index (χ1) is 9.79. The van der Waals surface area contributed by atoms with Crippen LogP contribution in [0.1, 0.15) is 35.2 Å². The van der Waals surface area contributed by atoms with Crippen LogP contribution < -0.4 is 5.32 Å². The number of aliphatic hydroxyl groups is 1.